The second-order valence-electron chi connectivity index (χ2n) is 26.6. The molecule has 4 heterocycles. The molecule has 0 unspecified atom stereocenters. The first-order valence-electron chi connectivity index (χ1n) is 34.5. The predicted octanol–water partition coefficient (Wildman–Crippen LogP) is -0.905. The third kappa shape index (κ3) is 22.7. The van der Waals surface area contributed by atoms with E-state index in [4.69, 9.17) is 22.7 Å². The quantitative estimate of drug-likeness (QED) is 0.0364. The maximum absolute atomic E-state index is 15.4. The van der Waals surface area contributed by atoms with Crippen molar-refractivity contribution in [1.29, 1.82) is 5.41 Å². The van der Waals surface area contributed by atoms with Crippen molar-refractivity contribution in [2.24, 2.45) is 11.7 Å². The Balaban J connectivity index is 1.24. The molecule has 556 valence electrons. The van der Waals surface area contributed by atoms with Crippen molar-refractivity contribution in [3.63, 3.8) is 0 Å². The molecule has 18 N–H and O–H groups in total. The maximum Gasteiger partial charge on any atom is 0.328 e. The van der Waals surface area contributed by atoms with Gasteiger partial charge in [-0.25, -0.2) is 4.79 Å². The molecule has 1 aromatic heterocycles. The van der Waals surface area contributed by atoms with Crippen LogP contribution in [-0.4, -0.2) is 196 Å². The number of carboxylic acids is 1. The van der Waals surface area contributed by atoms with Gasteiger partial charge in [0.15, 0.2) is 5.96 Å². The van der Waals surface area contributed by atoms with Crippen LogP contribution < -0.4 is 74.9 Å². The molecule has 0 radical (unpaired) electrons. The number of aliphatic carboxylic acids is 1. The van der Waals surface area contributed by atoms with Crippen LogP contribution in [-0.2, 0) is 86.4 Å². The fourth-order valence-electron chi connectivity index (χ4n) is 12.6. The molecular formula is C71H90ClN17O15. The SMILES string of the molecule is CC(=O)N[C@H]1CCC(=O)N[C@@H](C)C(=O)NCC[C@@H]2NC(=O)[C@H](CC(=O)NC[C@@H](C(=O)O)NC(=O)[C@@H]3CCCN3C(=O)[C@H](CCCNC(=N)N)NC(=O)[C@H](CC(C)C)NC(=O)[C@@H](Cc3ccc4ccccc4c3)NC2=O)NC(=O)[C@@H](Cc2c[nH]c3ccccc23)NC(=O)[C@@H](Cc2ccc(Cl)cc2)NC1=O. The number of carboxylic acid groups (broad SMARTS) is 1. The summed E-state index contributed by atoms with van der Waals surface area (Å²) in [6, 6.07) is 8.27. The highest BCUT2D eigenvalue weighted by molar-refractivity contribution is 6.30. The van der Waals surface area contributed by atoms with Gasteiger partial charge in [0.05, 0.1) is 6.42 Å². The van der Waals surface area contributed by atoms with Gasteiger partial charge in [-0.2, -0.15) is 0 Å². The number of nitrogens with one attached hydrogen (secondary N) is 15. The number of nitrogens with two attached hydrogens (primary N) is 1. The number of benzene rings is 4. The fourth-order valence-corrected chi connectivity index (χ4v) is 12.7. The minimum Gasteiger partial charge on any atom is -0.480 e. The van der Waals surface area contributed by atoms with Crippen molar-refractivity contribution >= 4 is 122 Å². The molecule has 104 heavy (non-hydrogen) atoms. The van der Waals surface area contributed by atoms with E-state index in [2.05, 4.69) is 74.1 Å². The lowest BCUT2D eigenvalue weighted by Gasteiger charge is -2.31. The van der Waals surface area contributed by atoms with E-state index in [1.165, 1.54) is 24.0 Å². The Bertz CT molecular complexity index is 4040. The number of carbonyl (C=O) groups excluding carboxylic acids is 13. The number of nitrogens with zero attached hydrogens (tertiary/aromatic N) is 1. The first-order chi connectivity index (χ1) is 49.6. The van der Waals surface area contributed by atoms with Crippen molar-refractivity contribution in [2.75, 3.05) is 26.2 Å². The van der Waals surface area contributed by atoms with Crippen LogP contribution in [0.25, 0.3) is 21.7 Å². The number of aromatic amines is 1. The molecule has 11 atom stereocenters. The number of carbonyl (C=O) groups is 14. The highest BCUT2D eigenvalue weighted by Crippen LogP contribution is 2.24. The summed E-state index contributed by atoms with van der Waals surface area (Å²) in [5.74, 6) is -14.5. The van der Waals surface area contributed by atoms with Crippen molar-refractivity contribution in [3.8, 4) is 0 Å². The molecule has 13 amide bonds. The Hall–Kier alpha value is -11.2. The third-order valence-electron chi connectivity index (χ3n) is 18.0. The highest BCUT2D eigenvalue weighted by Gasteiger charge is 2.42. The molecule has 5 aromatic rings. The van der Waals surface area contributed by atoms with Crippen LogP contribution in [0.15, 0.2) is 97.2 Å². The van der Waals surface area contributed by atoms with Crippen molar-refractivity contribution in [2.45, 2.75) is 171 Å². The van der Waals surface area contributed by atoms with E-state index >= 15 is 24.0 Å². The summed E-state index contributed by atoms with van der Waals surface area (Å²) < 4.78 is 0. The third-order valence-corrected chi connectivity index (χ3v) is 18.3. The lowest BCUT2D eigenvalue weighted by Crippen LogP contribution is -2.61. The summed E-state index contributed by atoms with van der Waals surface area (Å²) >= 11 is 6.24. The molecule has 32 nitrogen and oxygen atoms in total. The van der Waals surface area contributed by atoms with Gasteiger partial charge in [0, 0.05) is 80.9 Å². The first kappa shape index (κ1) is 78.5. The van der Waals surface area contributed by atoms with E-state index in [-0.39, 0.29) is 82.8 Å². The molecule has 33 heteroatoms. The van der Waals surface area contributed by atoms with Gasteiger partial charge in [-0.15, -0.1) is 0 Å². The van der Waals surface area contributed by atoms with Gasteiger partial charge in [-0.3, -0.25) is 67.7 Å². The number of amides is 13. The van der Waals surface area contributed by atoms with Crippen LogP contribution in [0, 0.1) is 11.3 Å². The van der Waals surface area contributed by atoms with Crippen molar-refractivity contribution in [1.82, 2.24) is 79.0 Å². The van der Waals surface area contributed by atoms with Gasteiger partial charge >= 0.3 is 5.97 Å². The van der Waals surface area contributed by atoms with E-state index in [0.29, 0.717) is 32.6 Å². The highest BCUT2D eigenvalue weighted by atomic mass is 35.5. The van der Waals surface area contributed by atoms with E-state index < -0.39 is 182 Å². The molecule has 3 fully saturated rings. The van der Waals surface area contributed by atoms with Crippen LogP contribution in [0.1, 0.15) is 102 Å². The number of H-pyrrole nitrogens is 1. The van der Waals surface area contributed by atoms with Crippen LogP contribution in [0.5, 0.6) is 0 Å². The molecule has 0 saturated carbocycles. The number of hydrogen-bond donors (Lipinski definition) is 17. The number of hydrogen-bond acceptors (Lipinski definition) is 15. The summed E-state index contributed by atoms with van der Waals surface area (Å²) in [5, 5.41) is 54.6. The largest absolute Gasteiger partial charge is 0.480 e. The van der Waals surface area contributed by atoms with E-state index in [1.807, 2.05) is 18.2 Å². The minimum atomic E-state index is -2.07. The van der Waals surface area contributed by atoms with Gasteiger partial charge in [-0.05, 0) is 103 Å². The van der Waals surface area contributed by atoms with E-state index in [9.17, 15) is 48.3 Å². The first-order valence-corrected chi connectivity index (χ1v) is 34.9. The Labute approximate surface area is 604 Å². The molecule has 3 saturated heterocycles. The van der Waals surface area contributed by atoms with Gasteiger partial charge in [0.2, 0.25) is 76.8 Å². The maximum atomic E-state index is 15.4. The molecule has 8 rings (SSSR count). The lowest BCUT2D eigenvalue weighted by molar-refractivity contribution is -0.145. The van der Waals surface area contributed by atoms with Crippen LogP contribution >= 0.6 is 11.6 Å². The zero-order valence-electron chi connectivity index (χ0n) is 58.0. The van der Waals surface area contributed by atoms with Gasteiger partial charge in [0.25, 0.3) is 0 Å². The zero-order valence-corrected chi connectivity index (χ0v) is 58.8. The second kappa shape index (κ2) is 37.1. The average Bonchev–Trinajstić information content (AvgIpc) is 1.54. The smallest absolute Gasteiger partial charge is 0.328 e. The molecular weight excluding hydrogens is 1370 g/mol. The van der Waals surface area contributed by atoms with Crippen LogP contribution in [0.4, 0.5) is 0 Å². The number of fused-ring (bicyclic) bond motifs is 6. The van der Waals surface area contributed by atoms with E-state index in [1.54, 1.807) is 80.7 Å². The van der Waals surface area contributed by atoms with Crippen LogP contribution in [0.3, 0.4) is 0 Å². The number of halogens is 1. The van der Waals surface area contributed by atoms with Crippen molar-refractivity contribution in [3.05, 3.63) is 119 Å². The monoisotopic (exact) mass is 1460 g/mol. The number of guanidine groups is 1. The Kier molecular flexibility index (Phi) is 28.0. The molecule has 2 bridgehead atoms. The standard InChI is InChI=1S/C71H90ClN17O15/c1-37(2)29-51-63(96)82-50(15-9-26-76-71(73)74)69(102)89-28-10-16-57(89)68(101)88-56(70(103)104)36-78-59(92)34-55-67(100)81-49(62(95)85-53(65(98)83-51)32-41-17-20-42-11-5-6-12-43(42)30-41)25-27-75-60(93)38(3)79-58(91)24-23-48(80-39(4)90)61(94)84-52(31-40-18-21-45(72)22-19-40)64(97)86-54(66(99)87-55)33-44-35-77-47-14-8-7-13-46(44)47/h5-8,11-14,17-22,30,35,37-38,48-57,77H,9-10,15-16,23-29,31-34,36H2,1-4H3,(H,75,93)(H,78,92)(H,79,91)(H,80,90)(H,81,100)(H,82,96)(H,83,98)(H,84,94)(H,85,95)(H,86,97)(H,87,99)(H,88,101)(H,103,104)(H4,73,74,76)/t38-,48-,49-,50-,51-,52+,53+,54+,55-,56-,57-/m0/s1. The van der Waals surface area contributed by atoms with Gasteiger partial charge in [0.1, 0.15) is 66.5 Å². The molecule has 0 spiro atoms. The Morgan fingerprint density at radius 2 is 1.24 bits per heavy atom. The molecule has 0 aliphatic carbocycles. The van der Waals surface area contributed by atoms with Gasteiger partial charge < -0.3 is 89.8 Å². The topological polar surface area (TPSA) is 484 Å². The Morgan fingerprint density at radius 1 is 0.635 bits per heavy atom. The van der Waals surface area contributed by atoms with Gasteiger partial charge in [-0.1, -0.05) is 98.2 Å². The zero-order chi connectivity index (χ0) is 75.3. The second-order valence-corrected chi connectivity index (χ2v) is 27.0. The summed E-state index contributed by atoms with van der Waals surface area (Å²) in [6.07, 6.45) is -1.33. The molecule has 3 aliphatic rings. The predicted molar refractivity (Wildman–Crippen MR) is 381 cm³/mol. The summed E-state index contributed by atoms with van der Waals surface area (Å²) in [6.45, 7) is 4.76. The molecule has 3 aliphatic heterocycles. The van der Waals surface area contributed by atoms with Crippen molar-refractivity contribution < 1.29 is 72.2 Å². The number of para-hydroxylation sites is 1. The van der Waals surface area contributed by atoms with Crippen LogP contribution in [0.2, 0.25) is 5.02 Å². The summed E-state index contributed by atoms with van der Waals surface area (Å²) in [4.78, 5) is 207. The minimum absolute atomic E-state index is 0.0150. The normalized spacial score (nSPS) is 24.6. The summed E-state index contributed by atoms with van der Waals surface area (Å²) in [5.41, 5.74) is 7.57. The molecule has 4 aromatic carbocycles. The average molecular weight is 1460 g/mol. The number of aromatic nitrogens is 1. The lowest BCUT2D eigenvalue weighted by atomic mass is 9.98. The fraction of sp³-hybridized carbons (Fsp3) is 0.451. The Morgan fingerprint density at radius 3 is 1.94 bits per heavy atom. The summed E-state index contributed by atoms with van der Waals surface area (Å²) in [7, 11) is 0. The van der Waals surface area contributed by atoms with E-state index in [0.717, 1.165) is 17.7 Å². The number of rotatable bonds is 14.